The van der Waals surface area contributed by atoms with Crippen molar-refractivity contribution in [3.63, 3.8) is 0 Å². The number of carbonyl (C=O) groups excluding carboxylic acids is 1. The lowest BCUT2D eigenvalue weighted by Crippen LogP contribution is -2.35. The average molecular weight is 470 g/mol. The quantitative estimate of drug-likeness (QED) is 0.651. The first-order valence-electron chi connectivity index (χ1n) is 9.92. The van der Waals surface area contributed by atoms with Crippen LogP contribution in [0.1, 0.15) is 23.9 Å². The normalized spacial score (nSPS) is 16.9. The molecular formula is C22H23N5O3S2. The van der Waals surface area contributed by atoms with Gasteiger partial charge in [-0.3, -0.25) is 10.2 Å². The van der Waals surface area contributed by atoms with Gasteiger partial charge in [0.2, 0.25) is 5.17 Å². The average Bonchev–Trinajstić information content (AvgIpc) is 3.30. The molecule has 2 aliphatic rings. The van der Waals surface area contributed by atoms with Crippen molar-refractivity contribution < 1.29 is 14.3 Å². The predicted molar refractivity (Wildman–Crippen MR) is 131 cm³/mol. The number of hydrogen-bond acceptors (Lipinski definition) is 7. The largest absolute Gasteiger partial charge is 0.497 e. The first kappa shape index (κ1) is 22.2. The molecule has 1 aromatic carbocycles. The monoisotopic (exact) mass is 469 g/mol. The van der Waals surface area contributed by atoms with E-state index in [1.807, 2.05) is 49.6 Å². The van der Waals surface area contributed by atoms with E-state index < -0.39 is 5.91 Å². The van der Waals surface area contributed by atoms with Crippen LogP contribution in [0, 0.1) is 19.3 Å². The summed E-state index contributed by atoms with van der Waals surface area (Å²) in [7, 11) is 3.25. The topological polar surface area (TPSA) is 92.3 Å². The number of rotatable bonds is 5. The molecule has 0 spiro atoms. The molecule has 166 valence electrons. The maximum absolute atomic E-state index is 12.7. The van der Waals surface area contributed by atoms with Gasteiger partial charge in [-0.25, -0.2) is 0 Å². The zero-order chi connectivity index (χ0) is 23.0. The lowest BCUT2D eigenvalue weighted by molar-refractivity contribution is -0.114. The lowest BCUT2D eigenvalue weighted by Gasteiger charge is -2.20. The Balaban J connectivity index is 1.76. The molecule has 10 heteroatoms. The van der Waals surface area contributed by atoms with Crippen molar-refractivity contribution in [1.82, 2.24) is 9.58 Å². The van der Waals surface area contributed by atoms with Gasteiger partial charge in [0.15, 0.2) is 10.2 Å². The first-order chi connectivity index (χ1) is 15.4. The van der Waals surface area contributed by atoms with Crippen LogP contribution >= 0.6 is 23.5 Å². The van der Waals surface area contributed by atoms with Crippen LogP contribution in [0.4, 0.5) is 0 Å². The van der Waals surface area contributed by atoms with Gasteiger partial charge < -0.3 is 14.0 Å². The minimum absolute atomic E-state index is 0.0305. The van der Waals surface area contributed by atoms with Gasteiger partial charge in [0.25, 0.3) is 5.91 Å². The third-order valence-electron chi connectivity index (χ3n) is 5.10. The van der Waals surface area contributed by atoms with Gasteiger partial charge in [-0.2, -0.15) is 10.0 Å². The van der Waals surface area contributed by atoms with Crippen LogP contribution in [0.25, 0.3) is 11.8 Å². The van der Waals surface area contributed by atoms with E-state index in [0.29, 0.717) is 16.7 Å². The Labute approximate surface area is 194 Å². The van der Waals surface area contributed by atoms with E-state index in [9.17, 15) is 4.79 Å². The van der Waals surface area contributed by atoms with Crippen LogP contribution in [-0.2, 0) is 4.79 Å². The van der Waals surface area contributed by atoms with Crippen molar-refractivity contribution in [2.24, 2.45) is 10.1 Å². The van der Waals surface area contributed by atoms with Crippen LogP contribution in [0.15, 0.2) is 39.9 Å². The molecule has 0 radical (unpaired) electrons. The smallest absolute Gasteiger partial charge is 0.283 e. The molecule has 1 aromatic heterocycles. The van der Waals surface area contributed by atoms with Crippen LogP contribution in [0.5, 0.6) is 11.5 Å². The van der Waals surface area contributed by atoms with Gasteiger partial charge in [0.1, 0.15) is 11.5 Å². The van der Waals surface area contributed by atoms with Crippen LogP contribution in [-0.4, -0.2) is 50.8 Å². The Morgan fingerprint density at radius 3 is 2.69 bits per heavy atom. The standard InChI is InChI=1S/C22H23N5O3S2/c1-6-31-22-25-27-19(23)16(20(28)24-21(27)32-22)10-14-9-12(2)26(13(14)3)17-11-15(29-4)7-8-18(17)30-5/h7-11,23H,6H2,1-5H3. The number of aliphatic imine (C=N–C) groups is 1. The second kappa shape index (κ2) is 8.87. The maximum atomic E-state index is 12.7. The lowest BCUT2D eigenvalue weighted by atomic mass is 10.1. The molecule has 0 fully saturated rings. The van der Waals surface area contributed by atoms with Gasteiger partial charge in [-0.15, -0.1) is 5.10 Å². The molecule has 8 nitrogen and oxygen atoms in total. The Morgan fingerprint density at radius 1 is 1.22 bits per heavy atom. The number of nitrogens with one attached hydrogen (secondary N) is 1. The molecule has 2 aromatic rings. The highest BCUT2D eigenvalue weighted by molar-refractivity contribution is 8.45. The number of thioether (sulfide) groups is 2. The zero-order valence-corrected chi connectivity index (χ0v) is 20.1. The number of aromatic nitrogens is 1. The van der Waals surface area contributed by atoms with Gasteiger partial charge in [0, 0.05) is 17.5 Å². The number of methoxy groups -OCH3 is 2. The summed E-state index contributed by atoms with van der Waals surface area (Å²) in [5, 5.41) is 14.9. The molecule has 1 N–H and O–H groups in total. The number of amides is 1. The number of hydrogen-bond donors (Lipinski definition) is 1. The highest BCUT2D eigenvalue weighted by Crippen LogP contribution is 2.34. The summed E-state index contributed by atoms with van der Waals surface area (Å²) < 4.78 is 13.8. The van der Waals surface area contributed by atoms with E-state index in [0.717, 1.165) is 32.8 Å². The zero-order valence-electron chi connectivity index (χ0n) is 18.4. The number of carbonyl (C=O) groups is 1. The van der Waals surface area contributed by atoms with E-state index in [2.05, 4.69) is 10.1 Å². The van der Waals surface area contributed by atoms with Gasteiger partial charge in [-0.05, 0) is 61.2 Å². The molecular weight excluding hydrogens is 446 g/mol. The van der Waals surface area contributed by atoms with Crippen molar-refractivity contribution in [3.8, 4) is 17.2 Å². The number of amidine groups is 2. The summed E-state index contributed by atoms with van der Waals surface area (Å²) in [5.41, 5.74) is 3.71. The number of hydrazone groups is 1. The fourth-order valence-corrected chi connectivity index (χ4v) is 5.41. The summed E-state index contributed by atoms with van der Waals surface area (Å²) in [4.78, 5) is 16.9. The van der Waals surface area contributed by atoms with Crippen LogP contribution in [0.3, 0.4) is 0 Å². The SMILES string of the molecule is CCSC1=NN2C(=N)C(=Cc3cc(C)n(-c4cc(OC)ccc4OC)c3C)C(=O)N=C2S1. The van der Waals surface area contributed by atoms with E-state index in [-0.39, 0.29) is 11.4 Å². The minimum atomic E-state index is -0.435. The predicted octanol–water partition coefficient (Wildman–Crippen LogP) is 4.44. The summed E-state index contributed by atoms with van der Waals surface area (Å²) >= 11 is 2.88. The van der Waals surface area contributed by atoms with Gasteiger partial charge in [-0.1, -0.05) is 18.7 Å². The van der Waals surface area contributed by atoms with Crippen molar-refractivity contribution in [3.05, 3.63) is 46.8 Å². The van der Waals surface area contributed by atoms with Crippen molar-refractivity contribution in [1.29, 1.82) is 5.41 Å². The number of nitrogens with zero attached hydrogens (tertiary/aromatic N) is 4. The molecule has 0 aliphatic carbocycles. The molecule has 2 aliphatic heterocycles. The fourth-order valence-electron chi connectivity index (χ4n) is 3.59. The van der Waals surface area contributed by atoms with E-state index >= 15 is 0 Å². The van der Waals surface area contributed by atoms with E-state index in [4.69, 9.17) is 14.9 Å². The molecule has 0 bridgehead atoms. The highest BCUT2D eigenvalue weighted by atomic mass is 32.2. The maximum Gasteiger partial charge on any atom is 0.283 e. The first-order valence-corrected chi connectivity index (χ1v) is 11.7. The number of ether oxygens (including phenoxy) is 2. The summed E-state index contributed by atoms with van der Waals surface area (Å²) in [6.07, 6.45) is 1.71. The van der Waals surface area contributed by atoms with Gasteiger partial charge >= 0.3 is 0 Å². The second-order valence-corrected chi connectivity index (χ2v) is 9.49. The molecule has 0 atom stereocenters. The molecule has 0 saturated carbocycles. The second-order valence-electron chi connectivity index (χ2n) is 7.02. The molecule has 3 heterocycles. The molecule has 32 heavy (non-hydrogen) atoms. The number of fused-ring (bicyclic) bond motifs is 1. The summed E-state index contributed by atoms with van der Waals surface area (Å²) in [6.45, 7) is 5.97. The van der Waals surface area contributed by atoms with E-state index in [1.165, 1.54) is 16.8 Å². The van der Waals surface area contributed by atoms with Crippen LogP contribution in [0.2, 0.25) is 0 Å². The molecule has 0 unspecified atom stereocenters. The Bertz CT molecular complexity index is 1210. The third-order valence-corrected chi connectivity index (χ3v) is 7.02. The van der Waals surface area contributed by atoms with Crippen molar-refractivity contribution >= 4 is 50.9 Å². The van der Waals surface area contributed by atoms with Crippen molar-refractivity contribution in [2.45, 2.75) is 20.8 Å². The molecule has 4 rings (SSSR count). The molecule has 0 saturated heterocycles. The Hall–Kier alpha value is -2.98. The molecule has 1 amide bonds. The van der Waals surface area contributed by atoms with E-state index in [1.54, 1.807) is 32.1 Å². The summed E-state index contributed by atoms with van der Waals surface area (Å²) in [6, 6.07) is 7.58. The Kier molecular flexibility index (Phi) is 6.16. The third kappa shape index (κ3) is 3.84. The van der Waals surface area contributed by atoms with Gasteiger partial charge in [0.05, 0.1) is 25.5 Å². The number of benzene rings is 1. The van der Waals surface area contributed by atoms with Crippen molar-refractivity contribution in [2.75, 3.05) is 20.0 Å². The number of aryl methyl sites for hydroxylation is 1. The Morgan fingerprint density at radius 2 is 2.00 bits per heavy atom. The highest BCUT2D eigenvalue weighted by Gasteiger charge is 2.35. The van der Waals surface area contributed by atoms with Crippen LogP contribution < -0.4 is 9.47 Å². The summed E-state index contributed by atoms with van der Waals surface area (Å²) in [5.74, 6) is 1.87. The minimum Gasteiger partial charge on any atom is -0.497 e. The fraction of sp³-hybridized carbons (Fsp3) is 0.273.